The highest BCUT2D eigenvalue weighted by Gasteiger charge is 2.31. The number of carbonyl (C=O) groups is 2. The van der Waals surface area contributed by atoms with Crippen LogP contribution in [0.5, 0.6) is 0 Å². The number of alkyl halides is 3. The van der Waals surface area contributed by atoms with Crippen molar-refractivity contribution in [3.63, 3.8) is 0 Å². The van der Waals surface area contributed by atoms with Crippen molar-refractivity contribution in [1.82, 2.24) is 10.6 Å². The Bertz CT molecular complexity index is 1510. The molecule has 2 aliphatic rings. The van der Waals surface area contributed by atoms with E-state index < -0.39 is 41.4 Å². The van der Waals surface area contributed by atoms with Gasteiger partial charge in [0, 0.05) is 43.4 Å². The number of aliphatic hydroxyl groups is 1. The molecular formula is C34H37ClF5N3O3. The molecule has 1 saturated carbocycles. The molecule has 46 heavy (non-hydrogen) atoms. The van der Waals surface area contributed by atoms with Crippen LogP contribution in [0.2, 0.25) is 0 Å². The van der Waals surface area contributed by atoms with Gasteiger partial charge in [0.15, 0.2) is 0 Å². The topological polar surface area (TPSA) is 81.7 Å². The Morgan fingerprint density at radius 1 is 0.957 bits per heavy atom. The average molecular weight is 666 g/mol. The first kappa shape index (κ1) is 35.3. The molecule has 3 aromatic rings. The molecule has 12 heteroatoms. The van der Waals surface area contributed by atoms with E-state index in [1.807, 2.05) is 6.07 Å². The third-order valence-electron chi connectivity index (χ3n) is 8.51. The average Bonchev–Trinajstić information content (AvgIpc) is 3.68. The van der Waals surface area contributed by atoms with Gasteiger partial charge in [-0.2, -0.15) is 13.2 Å². The van der Waals surface area contributed by atoms with Crippen molar-refractivity contribution in [3.05, 3.63) is 100 Å². The lowest BCUT2D eigenvalue weighted by atomic mass is 9.94. The fourth-order valence-electron chi connectivity index (χ4n) is 6.22. The maximum absolute atomic E-state index is 14.0. The zero-order valence-electron chi connectivity index (χ0n) is 25.1. The Kier molecular flexibility index (Phi) is 11.8. The SMILES string of the molecule is Cl.O=C(N[C@@H](Cc1cc(F)cc(F)c1)[C@H](O)CNCc1cccc(C(F)(F)F)c1)c1cc(C2CCCC2)cc(N2CCCC2=O)c1. The summed E-state index contributed by atoms with van der Waals surface area (Å²) >= 11 is 0. The third-order valence-corrected chi connectivity index (χ3v) is 8.51. The Hall–Kier alpha value is -3.54. The van der Waals surface area contributed by atoms with Gasteiger partial charge in [-0.15, -0.1) is 12.4 Å². The summed E-state index contributed by atoms with van der Waals surface area (Å²) in [4.78, 5) is 28.0. The van der Waals surface area contributed by atoms with Crippen LogP contribution in [-0.4, -0.2) is 42.2 Å². The standard InChI is InChI=1S/C34H36F5N3O3.ClH/c35-27-12-22(13-28(36)18-27)14-30(31(43)20-40-19-21-5-3-8-26(11-21)34(37,38)39)41-33(45)25-15-24(23-6-1-2-7-23)16-29(17-25)42-10-4-9-32(42)44;/h3,5,8,11-13,15-18,23,30-31,40,43H,1-2,4,6-7,9-10,14,19-20H2,(H,41,45);1H/t30-,31+;/m0./s1. The van der Waals surface area contributed by atoms with Crippen molar-refractivity contribution < 1.29 is 36.6 Å². The highest BCUT2D eigenvalue weighted by molar-refractivity contribution is 5.99. The van der Waals surface area contributed by atoms with Gasteiger partial charge in [-0.25, -0.2) is 8.78 Å². The number of carbonyl (C=O) groups excluding carboxylic acids is 2. The summed E-state index contributed by atoms with van der Waals surface area (Å²) in [5.74, 6) is -1.90. The van der Waals surface area contributed by atoms with E-state index in [1.54, 1.807) is 17.0 Å². The summed E-state index contributed by atoms with van der Waals surface area (Å²) in [6, 6.07) is 12.1. The van der Waals surface area contributed by atoms with Gasteiger partial charge in [-0.3, -0.25) is 9.59 Å². The zero-order valence-corrected chi connectivity index (χ0v) is 25.9. The Morgan fingerprint density at radius 2 is 1.67 bits per heavy atom. The lowest BCUT2D eigenvalue weighted by Gasteiger charge is -2.26. The largest absolute Gasteiger partial charge is 0.416 e. The van der Waals surface area contributed by atoms with E-state index in [2.05, 4.69) is 10.6 Å². The van der Waals surface area contributed by atoms with Gasteiger partial charge in [0.2, 0.25) is 5.91 Å². The Labute approximate surface area is 270 Å². The number of aliphatic hydroxyl groups excluding tert-OH is 1. The maximum atomic E-state index is 14.0. The molecule has 0 spiro atoms. The Balaban J connectivity index is 0.00000480. The molecule has 1 heterocycles. The molecule has 2 amide bonds. The summed E-state index contributed by atoms with van der Waals surface area (Å²) in [6.45, 7) is 0.430. The monoisotopic (exact) mass is 665 g/mol. The molecule has 0 unspecified atom stereocenters. The number of hydrogen-bond acceptors (Lipinski definition) is 4. The second-order valence-electron chi connectivity index (χ2n) is 11.9. The quantitative estimate of drug-likeness (QED) is 0.200. The number of benzene rings is 3. The summed E-state index contributed by atoms with van der Waals surface area (Å²) in [6.07, 6.45) is -0.639. The van der Waals surface area contributed by atoms with Gasteiger partial charge < -0.3 is 20.6 Å². The summed E-state index contributed by atoms with van der Waals surface area (Å²) in [5.41, 5.74) is 1.65. The zero-order chi connectivity index (χ0) is 32.1. The minimum Gasteiger partial charge on any atom is -0.390 e. The van der Waals surface area contributed by atoms with Crippen LogP contribution in [0.15, 0.2) is 60.7 Å². The molecule has 2 fully saturated rings. The number of halogens is 6. The van der Waals surface area contributed by atoms with Crippen LogP contribution in [0.4, 0.5) is 27.6 Å². The minimum absolute atomic E-state index is 0. The van der Waals surface area contributed by atoms with Gasteiger partial charge in [-0.05, 0) is 84.7 Å². The number of nitrogens with zero attached hydrogens (tertiary/aromatic N) is 1. The van der Waals surface area contributed by atoms with Crippen LogP contribution >= 0.6 is 12.4 Å². The van der Waals surface area contributed by atoms with Crippen molar-refractivity contribution in [2.24, 2.45) is 0 Å². The van der Waals surface area contributed by atoms with Gasteiger partial charge in [-0.1, -0.05) is 31.0 Å². The highest BCUT2D eigenvalue weighted by Crippen LogP contribution is 2.37. The molecule has 3 N–H and O–H groups in total. The van der Waals surface area contributed by atoms with Crippen LogP contribution in [0.25, 0.3) is 0 Å². The van der Waals surface area contributed by atoms with Gasteiger partial charge in [0.1, 0.15) is 11.6 Å². The van der Waals surface area contributed by atoms with Crippen LogP contribution in [-0.2, 0) is 23.9 Å². The smallest absolute Gasteiger partial charge is 0.390 e. The van der Waals surface area contributed by atoms with Crippen molar-refractivity contribution in [3.8, 4) is 0 Å². The second kappa shape index (κ2) is 15.4. The van der Waals surface area contributed by atoms with Crippen molar-refractivity contribution in [2.45, 2.75) is 75.7 Å². The van der Waals surface area contributed by atoms with Crippen LogP contribution in [0.1, 0.15) is 77.1 Å². The molecule has 2 atom stereocenters. The first-order valence-electron chi connectivity index (χ1n) is 15.2. The molecule has 0 aromatic heterocycles. The van der Waals surface area contributed by atoms with E-state index in [0.717, 1.165) is 68.0 Å². The summed E-state index contributed by atoms with van der Waals surface area (Å²) in [7, 11) is 0. The van der Waals surface area contributed by atoms with Gasteiger partial charge in [0.25, 0.3) is 5.91 Å². The van der Waals surface area contributed by atoms with Crippen molar-refractivity contribution in [1.29, 1.82) is 0 Å². The molecule has 5 rings (SSSR count). The lowest BCUT2D eigenvalue weighted by molar-refractivity contribution is -0.137. The molecule has 0 radical (unpaired) electrons. The van der Waals surface area contributed by atoms with Gasteiger partial charge in [0.05, 0.1) is 17.7 Å². The predicted molar refractivity (Wildman–Crippen MR) is 167 cm³/mol. The lowest BCUT2D eigenvalue weighted by Crippen LogP contribution is -2.48. The first-order chi connectivity index (χ1) is 21.5. The number of rotatable bonds is 11. The number of anilines is 1. The molecule has 1 saturated heterocycles. The van der Waals surface area contributed by atoms with Crippen molar-refractivity contribution >= 4 is 29.9 Å². The summed E-state index contributed by atoms with van der Waals surface area (Å²) in [5, 5.41) is 16.9. The van der Waals surface area contributed by atoms with Crippen molar-refractivity contribution in [2.75, 3.05) is 18.0 Å². The fraction of sp³-hybridized carbons (Fsp3) is 0.412. The molecule has 3 aromatic carbocycles. The number of hydrogen-bond donors (Lipinski definition) is 3. The van der Waals surface area contributed by atoms with E-state index in [9.17, 15) is 36.6 Å². The molecule has 1 aliphatic heterocycles. The molecule has 6 nitrogen and oxygen atoms in total. The third kappa shape index (κ3) is 9.04. The van der Waals surface area contributed by atoms with E-state index in [4.69, 9.17) is 0 Å². The maximum Gasteiger partial charge on any atom is 0.416 e. The predicted octanol–water partition coefficient (Wildman–Crippen LogP) is 6.68. The Morgan fingerprint density at radius 3 is 2.33 bits per heavy atom. The van der Waals surface area contributed by atoms with E-state index in [1.165, 1.54) is 12.1 Å². The van der Waals surface area contributed by atoms with E-state index in [-0.39, 0.29) is 49.3 Å². The van der Waals surface area contributed by atoms with Gasteiger partial charge >= 0.3 is 6.18 Å². The second-order valence-corrected chi connectivity index (χ2v) is 11.9. The van der Waals surface area contributed by atoms with Crippen LogP contribution in [0.3, 0.4) is 0 Å². The van der Waals surface area contributed by atoms with Crippen LogP contribution in [0, 0.1) is 11.6 Å². The van der Waals surface area contributed by atoms with Crippen LogP contribution < -0.4 is 15.5 Å². The molecule has 0 bridgehead atoms. The van der Waals surface area contributed by atoms with E-state index in [0.29, 0.717) is 29.8 Å². The van der Waals surface area contributed by atoms with E-state index >= 15 is 0 Å². The highest BCUT2D eigenvalue weighted by atomic mass is 35.5. The summed E-state index contributed by atoms with van der Waals surface area (Å²) < 4.78 is 67.4. The number of amides is 2. The first-order valence-corrected chi connectivity index (χ1v) is 15.2. The fourth-order valence-corrected chi connectivity index (χ4v) is 6.22. The molecular weight excluding hydrogens is 629 g/mol. The molecule has 248 valence electrons. The normalized spacial score (nSPS) is 16.7. The number of nitrogens with one attached hydrogen (secondary N) is 2. The molecule has 1 aliphatic carbocycles. The minimum atomic E-state index is -4.50.